The highest BCUT2D eigenvalue weighted by atomic mass is 16.5. The summed E-state index contributed by atoms with van der Waals surface area (Å²) < 4.78 is 5.17. The van der Waals surface area contributed by atoms with E-state index in [1.165, 1.54) is 11.1 Å². The van der Waals surface area contributed by atoms with Crippen molar-refractivity contribution in [2.45, 2.75) is 12.8 Å². The predicted molar refractivity (Wildman–Crippen MR) is 77.0 cm³/mol. The fraction of sp³-hybridized carbons (Fsp3) is 0.176. The van der Waals surface area contributed by atoms with Crippen molar-refractivity contribution >= 4 is 6.08 Å². The third-order valence-electron chi connectivity index (χ3n) is 3.29. The number of hydrogen-bond acceptors (Lipinski definition) is 1. The van der Waals surface area contributed by atoms with Gasteiger partial charge in [0.15, 0.2) is 0 Å². The summed E-state index contributed by atoms with van der Waals surface area (Å²) >= 11 is 0. The molecule has 0 saturated heterocycles. The first kappa shape index (κ1) is 12.4. The van der Waals surface area contributed by atoms with Crippen molar-refractivity contribution in [1.82, 2.24) is 0 Å². The minimum atomic E-state index is 0.384. The minimum absolute atomic E-state index is 0.384. The number of ether oxygens (including phenoxy) is 1. The molecule has 0 aromatic heterocycles. The third kappa shape index (κ3) is 2.62. The summed E-state index contributed by atoms with van der Waals surface area (Å²) in [6.45, 7) is 5.98. The molecule has 0 radical (unpaired) electrons. The lowest BCUT2D eigenvalue weighted by atomic mass is 9.92. The van der Waals surface area contributed by atoms with E-state index in [-0.39, 0.29) is 0 Å². The van der Waals surface area contributed by atoms with Crippen molar-refractivity contribution in [1.29, 1.82) is 0 Å². The molecule has 1 unspecified atom stereocenters. The monoisotopic (exact) mass is 238 g/mol. The predicted octanol–water partition coefficient (Wildman–Crippen LogP) is 4.49. The van der Waals surface area contributed by atoms with Gasteiger partial charge >= 0.3 is 0 Å². The van der Waals surface area contributed by atoms with Gasteiger partial charge in [0.25, 0.3) is 0 Å². The molecule has 1 atom stereocenters. The Morgan fingerprint density at radius 2 is 1.44 bits per heavy atom. The van der Waals surface area contributed by atoms with Gasteiger partial charge in [0.05, 0.1) is 7.11 Å². The van der Waals surface area contributed by atoms with E-state index in [9.17, 15) is 0 Å². The van der Waals surface area contributed by atoms with Gasteiger partial charge in [-0.05, 0) is 28.8 Å². The number of benzene rings is 2. The van der Waals surface area contributed by atoms with Gasteiger partial charge in [0.1, 0.15) is 5.75 Å². The zero-order chi connectivity index (χ0) is 13.0. The summed E-state index contributed by atoms with van der Waals surface area (Å²) in [5, 5.41) is 0. The maximum Gasteiger partial charge on any atom is 0.118 e. The molecule has 0 fully saturated rings. The van der Waals surface area contributed by atoms with E-state index in [2.05, 4.69) is 49.9 Å². The molecule has 0 spiro atoms. The fourth-order valence-electron chi connectivity index (χ4n) is 2.01. The second-order valence-corrected chi connectivity index (χ2v) is 4.37. The Hall–Kier alpha value is -2.02. The summed E-state index contributed by atoms with van der Waals surface area (Å²) in [5.41, 5.74) is 3.76. The van der Waals surface area contributed by atoms with Gasteiger partial charge in [0, 0.05) is 5.92 Å². The molecule has 0 N–H and O–H groups in total. The van der Waals surface area contributed by atoms with E-state index in [1.54, 1.807) is 7.11 Å². The molecule has 0 aliphatic heterocycles. The zero-order valence-corrected chi connectivity index (χ0v) is 10.9. The summed E-state index contributed by atoms with van der Waals surface area (Å²) in [5.74, 6) is 1.28. The van der Waals surface area contributed by atoms with Crippen LogP contribution in [0.2, 0.25) is 0 Å². The van der Waals surface area contributed by atoms with Crippen LogP contribution in [0.15, 0.2) is 55.1 Å². The third-order valence-corrected chi connectivity index (χ3v) is 3.29. The van der Waals surface area contributed by atoms with Gasteiger partial charge in [-0.15, -0.1) is 0 Å². The van der Waals surface area contributed by atoms with Crippen LogP contribution < -0.4 is 4.74 Å². The Labute approximate surface area is 109 Å². The lowest BCUT2D eigenvalue weighted by molar-refractivity contribution is 0.414. The van der Waals surface area contributed by atoms with Crippen molar-refractivity contribution in [3.8, 4) is 5.75 Å². The average molecular weight is 238 g/mol. The van der Waals surface area contributed by atoms with E-state index in [1.807, 2.05) is 18.2 Å². The summed E-state index contributed by atoms with van der Waals surface area (Å²) in [4.78, 5) is 0. The molecular weight excluding hydrogens is 220 g/mol. The van der Waals surface area contributed by atoms with Crippen LogP contribution in [0.1, 0.15) is 29.5 Å². The molecule has 0 heterocycles. The Morgan fingerprint density at radius 1 is 0.944 bits per heavy atom. The fourth-order valence-corrected chi connectivity index (χ4v) is 2.01. The molecule has 1 heteroatoms. The van der Waals surface area contributed by atoms with Gasteiger partial charge in [-0.25, -0.2) is 0 Å². The van der Waals surface area contributed by atoms with Crippen molar-refractivity contribution in [2.75, 3.05) is 7.11 Å². The topological polar surface area (TPSA) is 9.23 Å². The number of rotatable bonds is 4. The zero-order valence-electron chi connectivity index (χ0n) is 10.9. The van der Waals surface area contributed by atoms with E-state index in [0.717, 1.165) is 11.3 Å². The Kier molecular flexibility index (Phi) is 3.83. The molecule has 0 amide bonds. The van der Waals surface area contributed by atoms with Crippen LogP contribution in [0.4, 0.5) is 0 Å². The maximum absolute atomic E-state index is 5.17. The molecule has 2 aromatic carbocycles. The normalized spacial score (nSPS) is 11.9. The first-order valence-electron chi connectivity index (χ1n) is 6.11. The SMILES string of the molecule is C=Cc1ccc(C(C)c2ccc(OC)cc2)cc1. The molecule has 0 aliphatic carbocycles. The lowest BCUT2D eigenvalue weighted by Crippen LogP contribution is -1.96. The summed E-state index contributed by atoms with van der Waals surface area (Å²) in [6, 6.07) is 16.8. The molecular formula is C17H18O. The molecule has 92 valence electrons. The Morgan fingerprint density at radius 3 is 1.89 bits per heavy atom. The van der Waals surface area contributed by atoms with Gasteiger partial charge in [-0.2, -0.15) is 0 Å². The molecule has 0 saturated carbocycles. The van der Waals surface area contributed by atoms with Crippen LogP contribution in [0.25, 0.3) is 6.08 Å². The first-order chi connectivity index (χ1) is 8.74. The smallest absolute Gasteiger partial charge is 0.118 e. The molecule has 1 nitrogen and oxygen atoms in total. The Bertz CT molecular complexity index is 508. The first-order valence-corrected chi connectivity index (χ1v) is 6.11. The van der Waals surface area contributed by atoms with Crippen LogP contribution >= 0.6 is 0 Å². The van der Waals surface area contributed by atoms with Crippen LogP contribution in [-0.2, 0) is 0 Å². The van der Waals surface area contributed by atoms with E-state index < -0.39 is 0 Å². The average Bonchev–Trinajstić information content (AvgIpc) is 2.47. The van der Waals surface area contributed by atoms with Crippen molar-refractivity contribution in [3.05, 3.63) is 71.8 Å². The minimum Gasteiger partial charge on any atom is -0.497 e. The van der Waals surface area contributed by atoms with Crippen LogP contribution in [0.5, 0.6) is 5.75 Å². The second-order valence-electron chi connectivity index (χ2n) is 4.37. The summed E-state index contributed by atoms with van der Waals surface area (Å²) in [6.07, 6.45) is 1.86. The highest BCUT2D eigenvalue weighted by Gasteiger charge is 2.08. The quantitative estimate of drug-likeness (QED) is 0.762. The number of methoxy groups -OCH3 is 1. The van der Waals surface area contributed by atoms with E-state index >= 15 is 0 Å². The highest BCUT2D eigenvalue weighted by molar-refractivity contribution is 5.48. The van der Waals surface area contributed by atoms with Gasteiger partial charge < -0.3 is 4.74 Å². The Balaban J connectivity index is 2.22. The molecule has 0 bridgehead atoms. The largest absolute Gasteiger partial charge is 0.497 e. The molecule has 18 heavy (non-hydrogen) atoms. The highest BCUT2D eigenvalue weighted by Crippen LogP contribution is 2.26. The standard InChI is InChI=1S/C17H18O/c1-4-14-5-7-15(8-6-14)13(2)16-9-11-17(18-3)12-10-16/h4-13H,1H2,2-3H3. The second kappa shape index (κ2) is 5.54. The van der Waals surface area contributed by atoms with Crippen LogP contribution in [0, 0.1) is 0 Å². The van der Waals surface area contributed by atoms with Gasteiger partial charge in [-0.1, -0.05) is 56.0 Å². The van der Waals surface area contributed by atoms with Crippen LogP contribution in [0.3, 0.4) is 0 Å². The summed E-state index contributed by atoms with van der Waals surface area (Å²) in [7, 11) is 1.69. The van der Waals surface area contributed by atoms with Crippen molar-refractivity contribution in [3.63, 3.8) is 0 Å². The van der Waals surface area contributed by atoms with Crippen molar-refractivity contribution < 1.29 is 4.74 Å². The van der Waals surface area contributed by atoms with Crippen LogP contribution in [-0.4, -0.2) is 7.11 Å². The number of hydrogen-bond donors (Lipinski definition) is 0. The molecule has 2 rings (SSSR count). The maximum atomic E-state index is 5.17. The van der Waals surface area contributed by atoms with E-state index in [0.29, 0.717) is 5.92 Å². The van der Waals surface area contributed by atoms with Gasteiger partial charge in [0.2, 0.25) is 0 Å². The lowest BCUT2D eigenvalue weighted by Gasteiger charge is -2.13. The molecule has 0 aliphatic rings. The van der Waals surface area contributed by atoms with Crippen molar-refractivity contribution in [2.24, 2.45) is 0 Å². The molecule has 2 aromatic rings. The van der Waals surface area contributed by atoms with Gasteiger partial charge in [-0.3, -0.25) is 0 Å². The van der Waals surface area contributed by atoms with E-state index in [4.69, 9.17) is 4.74 Å².